The van der Waals surface area contributed by atoms with Crippen molar-refractivity contribution in [3.8, 4) is 0 Å². The summed E-state index contributed by atoms with van der Waals surface area (Å²) in [5, 5.41) is 6.39. The molecule has 2 aromatic rings. The highest BCUT2D eigenvalue weighted by atomic mass is 16.2. The normalized spacial score (nSPS) is 19.9. The van der Waals surface area contributed by atoms with E-state index >= 15 is 0 Å². The fraction of sp³-hybridized carbons (Fsp3) is 0.353. The number of benzene rings is 1. The lowest BCUT2D eigenvalue weighted by atomic mass is 10.1. The number of para-hydroxylation sites is 2. The van der Waals surface area contributed by atoms with Crippen LogP contribution in [0.5, 0.6) is 0 Å². The van der Waals surface area contributed by atoms with E-state index in [1.807, 2.05) is 29.2 Å². The van der Waals surface area contributed by atoms with Gasteiger partial charge in [0.25, 0.3) is 0 Å². The predicted molar refractivity (Wildman–Crippen MR) is 92.6 cm³/mol. The van der Waals surface area contributed by atoms with Crippen LogP contribution in [0.4, 0.5) is 22.0 Å². The quantitative estimate of drug-likeness (QED) is 0.876. The molecule has 1 saturated heterocycles. The van der Waals surface area contributed by atoms with Gasteiger partial charge >= 0.3 is 6.03 Å². The van der Waals surface area contributed by atoms with Crippen molar-refractivity contribution in [1.82, 2.24) is 20.6 Å². The van der Waals surface area contributed by atoms with E-state index in [-0.39, 0.29) is 12.1 Å². The first kappa shape index (κ1) is 14.9. The van der Waals surface area contributed by atoms with E-state index in [1.165, 1.54) is 0 Å². The average Bonchev–Trinajstić information content (AvgIpc) is 3.14. The summed E-state index contributed by atoms with van der Waals surface area (Å²) < 4.78 is 0. The minimum Gasteiger partial charge on any atom is -0.334 e. The minimum absolute atomic E-state index is 0.0325. The van der Waals surface area contributed by atoms with Crippen LogP contribution in [0, 0.1) is 0 Å². The summed E-state index contributed by atoms with van der Waals surface area (Å²) in [6, 6.07) is 8.10. The highest BCUT2D eigenvalue weighted by molar-refractivity contribution is 5.97. The lowest BCUT2D eigenvalue weighted by Crippen LogP contribution is -2.50. The molecule has 0 bridgehead atoms. The molecule has 124 valence electrons. The van der Waals surface area contributed by atoms with E-state index in [1.54, 1.807) is 18.6 Å². The number of aromatic nitrogens is 2. The van der Waals surface area contributed by atoms with Crippen molar-refractivity contribution in [3.05, 3.63) is 42.9 Å². The van der Waals surface area contributed by atoms with Crippen LogP contribution in [-0.2, 0) is 0 Å². The number of hydrogen-bond acceptors (Lipinski definition) is 5. The zero-order valence-corrected chi connectivity index (χ0v) is 13.4. The molecule has 7 nitrogen and oxygen atoms in total. The van der Waals surface area contributed by atoms with Crippen LogP contribution < -0.4 is 20.4 Å². The van der Waals surface area contributed by atoms with Crippen LogP contribution >= 0.6 is 0 Å². The molecule has 0 unspecified atom stereocenters. The number of urea groups is 1. The molecular formula is C17H20N6O. The number of rotatable bonds is 2. The van der Waals surface area contributed by atoms with Gasteiger partial charge in [-0.05, 0) is 25.1 Å². The summed E-state index contributed by atoms with van der Waals surface area (Å²) in [6.45, 7) is 3.10. The van der Waals surface area contributed by atoms with Crippen LogP contribution in [0.15, 0.2) is 42.9 Å². The van der Waals surface area contributed by atoms with Crippen molar-refractivity contribution < 1.29 is 4.79 Å². The molecule has 0 saturated carbocycles. The third-order valence-corrected chi connectivity index (χ3v) is 4.47. The first-order chi connectivity index (χ1) is 11.8. The molecular weight excluding hydrogens is 304 g/mol. The Morgan fingerprint density at radius 3 is 2.83 bits per heavy atom. The molecule has 1 aromatic carbocycles. The van der Waals surface area contributed by atoms with Crippen molar-refractivity contribution in [2.45, 2.75) is 12.5 Å². The summed E-state index contributed by atoms with van der Waals surface area (Å²) in [7, 11) is 0. The van der Waals surface area contributed by atoms with E-state index in [9.17, 15) is 4.79 Å². The fourth-order valence-electron chi connectivity index (χ4n) is 3.27. The van der Waals surface area contributed by atoms with E-state index in [0.717, 1.165) is 36.7 Å². The largest absolute Gasteiger partial charge is 0.334 e. The van der Waals surface area contributed by atoms with Crippen molar-refractivity contribution >= 4 is 23.2 Å². The second-order valence-electron chi connectivity index (χ2n) is 5.99. The summed E-state index contributed by atoms with van der Waals surface area (Å²) in [5.41, 5.74) is 1.88. The van der Waals surface area contributed by atoms with E-state index < -0.39 is 0 Å². The van der Waals surface area contributed by atoms with E-state index in [0.29, 0.717) is 13.1 Å². The van der Waals surface area contributed by atoms with Gasteiger partial charge in [-0.2, -0.15) is 0 Å². The number of nitrogens with one attached hydrogen (secondary N) is 2. The number of carbonyl (C=O) groups excluding carboxylic acids is 1. The molecule has 0 spiro atoms. The number of nitrogens with zero attached hydrogens (tertiary/aromatic N) is 4. The van der Waals surface area contributed by atoms with Gasteiger partial charge < -0.3 is 15.5 Å². The highest BCUT2D eigenvalue weighted by Gasteiger charge is 2.29. The Labute approximate surface area is 140 Å². The van der Waals surface area contributed by atoms with Gasteiger partial charge in [0.15, 0.2) is 5.82 Å². The van der Waals surface area contributed by atoms with E-state index in [4.69, 9.17) is 0 Å². The van der Waals surface area contributed by atoms with Crippen LogP contribution in [-0.4, -0.2) is 48.2 Å². The van der Waals surface area contributed by atoms with E-state index in [2.05, 4.69) is 25.5 Å². The molecule has 2 N–H and O–H groups in total. The third-order valence-electron chi connectivity index (χ3n) is 4.47. The Morgan fingerprint density at radius 1 is 1.21 bits per heavy atom. The van der Waals surface area contributed by atoms with Crippen molar-refractivity contribution in [2.24, 2.45) is 0 Å². The molecule has 2 amide bonds. The van der Waals surface area contributed by atoms with Gasteiger partial charge in [-0.3, -0.25) is 9.88 Å². The smallest absolute Gasteiger partial charge is 0.322 e. The zero-order chi connectivity index (χ0) is 16.4. The number of amides is 2. The number of fused-ring (bicyclic) bond motifs is 1. The van der Waals surface area contributed by atoms with Gasteiger partial charge in [0.05, 0.1) is 17.6 Å². The topological polar surface area (TPSA) is 73.4 Å². The third kappa shape index (κ3) is 2.78. The monoisotopic (exact) mass is 324 g/mol. The summed E-state index contributed by atoms with van der Waals surface area (Å²) >= 11 is 0. The Morgan fingerprint density at radius 2 is 2.08 bits per heavy atom. The van der Waals surface area contributed by atoms with Crippen LogP contribution in [0.2, 0.25) is 0 Å². The van der Waals surface area contributed by atoms with Gasteiger partial charge in [0.2, 0.25) is 0 Å². The molecule has 0 aliphatic carbocycles. The van der Waals surface area contributed by atoms with Crippen LogP contribution in [0.3, 0.4) is 0 Å². The maximum Gasteiger partial charge on any atom is 0.322 e. The maximum atomic E-state index is 12.7. The summed E-state index contributed by atoms with van der Waals surface area (Å²) in [4.78, 5) is 25.2. The van der Waals surface area contributed by atoms with Gasteiger partial charge in [-0.25, -0.2) is 9.78 Å². The highest BCUT2D eigenvalue weighted by Crippen LogP contribution is 2.36. The molecule has 2 aliphatic rings. The molecule has 1 atom stereocenters. The molecule has 4 rings (SSSR count). The Hall–Kier alpha value is -2.67. The predicted octanol–water partition coefficient (Wildman–Crippen LogP) is 1.51. The first-order valence-electron chi connectivity index (χ1n) is 8.24. The Balaban J connectivity index is 1.60. The number of hydrogen-bond donors (Lipinski definition) is 2. The number of carbonyl (C=O) groups is 1. The van der Waals surface area contributed by atoms with Gasteiger partial charge in [-0.1, -0.05) is 12.1 Å². The average molecular weight is 324 g/mol. The SMILES string of the molecule is O=C(N[C@H]1CCNC1)N1CCN(c2cnccn2)c2ccccc21. The van der Waals surface area contributed by atoms with Gasteiger partial charge in [-0.15, -0.1) is 0 Å². The molecule has 24 heavy (non-hydrogen) atoms. The molecule has 2 aliphatic heterocycles. The summed E-state index contributed by atoms with van der Waals surface area (Å²) in [6.07, 6.45) is 6.07. The lowest BCUT2D eigenvalue weighted by molar-refractivity contribution is 0.243. The molecule has 7 heteroatoms. The Bertz CT molecular complexity index is 716. The van der Waals surface area contributed by atoms with Crippen LogP contribution in [0.1, 0.15) is 6.42 Å². The zero-order valence-electron chi connectivity index (χ0n) is 13.4. The first-order valence-corrected chi connectivity index (χ1v) is 8.24. The molecule has 0 radical (unpaired) electrons. The lowest BCUT2D eigenvalue weighted by Gasteiger charge is -2.37. The van der Waals surface area contributed by atoms with Crippen molar-refractivity contribution in [3.63, 3.8) is 0 Å². The minimum atomic E-state index is -0.0325. The molecule has 1 fully saturated rings. The second-order valence-corrected chi connectivity index (χ2v) is 5.99. The maximum absolute atomic E-state index is 12.7. The second kappa shape index (κ2) is 6.45. The Kier molecular flexibility index (Phi) is 4.00. The summed E-state index contributed by atoms with van der Waals surface area (Å²) in [5.74, 6) is 0.796. The van der Waals surface area contributed by atoms with Gasteiger partial charge in [0, 0.05) is 38.1 Å². The van der Waals surface area contributed by atoms with Crippen LogP contribution in [0.25, 0.3) is 0 Å². The fourth-order valence-corrected chi connectivity index (χ4v) is 3.27. The molecule has 1 aromatic heterocycles. The standard InChI is InChI=1S/C17H20N6O/c24-17(21-13-5-6-18-11-13)23-10-9-22(16-12-19-7-8-20-16)14-3-1-2-4-15(14)23/h1-4,7-8,12-13,18H,5-6,9-11H2,(H,21,24)/t13-/m0/s1. The van der Waals surface area contributed by atoms with Crippen molar-refractivity contribution in [2.75, 3.05) is 36.0 Å². The molecule has 3 heterocycles. The van der Waals surface area contributed by atoms with Gasteiger partial charge in [0.1, 0.15) is 0 Å². The number of anilines is 3. The van der Waals surface area contributed by atoms with Crippen molar-refractivity contribution in [1.29, 1.82) is 0 Å².